The van der Waals surface area contributed by atoms with Crippen molar-refractivity contribution in [2.75, 3.05) is 66.4 Å². The molecule has 0 unspecified atom stereocenters. The third-order valence-corrected chi connectivity index (χ3v) is 4.66. The van der Waals surface area contributed by atoms with Crippen LogP contribution in [-0.2, 0) is 33.3 Å². The quantitative estimate of drug-likeness (QED) is 0.0853. The van der Waals surface area contributed by atoms with E-state index in [4.69, 9.17) is 24.1 Å². The van der Waals surface area contributed by atoms with Crippen molar-refractivity contribution >= 4 is 17.8 Å². The van der Waals surface area contributed by atoms with Crippen LogP contribution in [0, 0.1) is 0 Å². The SMILES string of the molecule is CNC(=O)C(=O)NCCCC/C=C\CCCCCCCOCC(=O)OCCOCCOCCO. The molecule has 0 spiro atoms. The van der Waals surface area contributed by atoms with Crippen LogP contribution >= 0.6 is 0 Å². The Morgan fingerprint density at radius 1 is 0.706 bits per heavy atom. The maximum atomic E-state index is 11.5. The molecule has 0 atom stereocenters. The Labute approximate surface area is 203 Å². The summed E-state index contributed by atoms with van der Waals surface area (Å²) >= 11 is 0. The molecule has 0 aliphatic heterocycles. The molecule has 0 aromatic carbocycles. The molecule has 3 N–H and O–H groups in total. The molecular weight excluding hydrogens is 444 g/mol. The fourth-order valence-corrected chi connectivity index (χ4v) is 2.81. The number of nitrogens with one attached hydrogen (secondary N) is 2. The molecule has 0 rings (SSSR count). The second-order valence-electron chi connectivity index (χ2n) is 7.58. The number of aliphatic hydroxyl groups excluding tert-OH is 1. The number of allylic oxidation sites excluding steroid dienone is 2. The van der Waals surface area contributed by atoms with Crippen LogP contribution in [0.25, 0.3) is 0 Å². The molecule has 0 fully saturated rings. The molecule has 10 heteroatoms. The van der Waals surface area contributed by atoms with Crippen molar-refractivity contribution in [3.8, 4) is 0 Å². The third kappa shape index (κ3) is 23.2. The minimum Gasteiger partial charge on any atom is -0.462 e. The molecule has 0 aliphatic rings. The summed E-state index contributed by atoms with van der Waals surface area (Å²) in [6.07, 6.45) is 13.7. The van der Waals surface area contributed by atoms with Crippen molar-refractivity contribution < 1.29 is 38.4 Å². The average Bonchev–Trinajstić information content (AvgIpc) is 2.84. The molecule has 34 heavy (non-hydrogen) atoms. The first kappa shape index (κ1) is 32.0. The standard InChI is InChI=1S/C24H44N2O8/c1-25-23(29)24(30)26-13-11-9-7-5-3-2-4-6-8-10-12-15-33-21-22(28)34-20-19-32-18-17-31-16-14-27/h3,5,27H,2,4,6-21H2,1H3,(H,25,29)(H,26,30)/b5-3-. The molecule has 0 aromatic heterocycles. The van der Waals surface area contributed by atoms with Gasteiger partial charge in [0.2, 0.25) is 0 Å². The van der Waals surface area contributed by atoms with Crippen molar-refractivity contribution in [3.05, 3.63) is 12.2 Å². The molecule has 198 valence electrons. The highest BCUT2D eigenvalue weighted by atomic mass is 16.6. The minimum atomic E-state index is -0.607. The first-order valence-corrected chi connectivity index (χ1v) is 12.3. The van der Waals surface area contributed by atoms with Crippen LogP contribution in [0.2, 0.25) is 0 Å². The highest BCUT2D eigenvalue weighted by Gasteiger charge is 2.08. The van der Waals surface area contributed by atoms with Gasteiger partial charge in [-0.1, -0.05) is 31.4 Å². The van der Waals surface area contributed by atoms with E-state index in [1.165, 1.54) is 13.5 Å². The number of ether oxygens (including phenoxy) is 4. The van der Waals surface area contributed by atoms with Gasteiger partial charge in [-0.2, -0.15) is 0 Å². The number of esters is 1. The van der Waals surface area contributed by atoms with Crippen LogP contribution in [0.15, 0.2) is 12.2 Å². The summed E-state index contributed by atoms with van der Waals surface area (Å²) in [5.41, 5.74) is 0. The minimum absolute atomic E-state index is 0.00808. The van der Waals surface area contributed by atoms with Crippen molar-refractivity contribution in [2.45, 2.75) is 57.8 Å². The van der Waals surface area contributed by atoms with E-state index in [9.17, 15) is 14.4 Å². The molecule has 0 aromatic rings. The zero-order valence-corrected chi connectivity index (χ0v) is 20.7. The van der Waals surface area contributed by atoms with Crippen LogP contribution in [0.4, 0.5) is 0 Å². The third-order valence-electron chi connectivity index (χ3n) is 4.66. The summed E-state index contributed by atoms with van der Waals surface area (Å²) in [6, 6.07) is 0. The van der Waals surface area contributed by atoms with E-state index in [0.717, 1.165) is 51.4 Å². The Hall–Kier alpha value is -2.01. The van der Waals surface area contributed by atoms with E-state index < -0.39 is 11.8 Å². The van der Waals surface area contributed by atoms with E-state index in [1.54, 1.807) is 0 Å². The van der Waals surface area contributed by atoms with Gasteiger partial charge >= 0.3 is 17.8 Å². The van der Waals surface area contributed by atoms with Gasteiger partial charge < -0.3 is 34.7 Å². The first-order valence-electron chi connectivity index (χ1n) is 12.3. The summed E-state index contributed by atoms with van der Waals surface area (Å²) in [6.45, 7) is 2.62. The monoisotopic (exact) mass is 488 g/mol. The maximum Gasteiger partial charge on any atom is 0.332 e. The van der Waals surface area contributed by atoms with Gasteiger partial charge in [0.1, 0.15) is 13.2 Å². The predicted octanol–water partition coefficient (Wildman–Crippen LogP) is 1.50. The van der Waals surface area contributed by atoms with Crippen LogP contribution in [-0.4, -0.2) is 89.3 Å². The molecule has 0 radical (unpaired) electrons. The zero-order chi connectivity index (χ0) is 25.1. The number of likely N-dealkylation sites (N-methyl/N-ethyl adjacent to an activating group) is 1. The summed E-state index contributed by atoms with van der Waals surface area (Å²) in [7, 11) is 1.44. The number of carbonyl (C=O) groups excluding carboxylic acids is 3. The molecule has 2 amide bonds. The maximum absolute atomic E-state index is 11.5. The van der Waals surface area contributed by atoms with Crippen LogP contribution in [0.3, 0.4) is 0 Å². The highest BCUT2D eigenvalue weighted by molar-refractivity contribution is 6.34. The van der Waals surface area contributed by atoms with Gasteiger partial charge in [0, 0.05) is 20.2 Å². The normalized spacial score (nSPS) is 11.0. The van der Waals surface area contributed by atoms with Crippen molar-refractivity contribution in [2.24, 2.45) is 0 Å². The number of carbonyl (C=O) groups is 3. The van der Waals surface area contributed by atoms with Crippen molar-refractivity contribution in [3.63, 3.8) is 0 Å². The number of amides is 2. The second-order valence-corrected chi connectivity index (χ2v) is 7.58. The Morgan fingerprint density at radius 3 is 2.03 bits per heavy atom. The zero-order valence-electron chi connectivity index (χ0n) is 20.7. The molecule has 0 bridgehead atoms. The van der Waals surface area contributed by atoms with Gasteiger partial charge in [0.25, 0.3) is 0 Å². The largest absolute Gasteiger partial charge is 0.462 e. The lowest BCUT2D eigenvalue weighted by Gasteiger charge is -2.07. The molecule has 0 aliphatic carbocycles. The lowest BCUT2D eigenvalue weighted by atomic mass is 10.1. The fraction of sp³-hybridized carbons (Fsp3) is 0.792. The lowest BCUT2D eigenvalue weighted by Crippen LogP contribution is -2.38. The van der Waals surface area contributed by atoms with E-state index in [2.05, 4.69) is 22.8 Å². The summed E-state index contributed by atoms with van der Waals surface area (Å²) in [4.78, 5) is 33.8. The Bertz CT molecular complexity index is 543. The van der Waals surface area contributed by atoms with E-state index in [1.807, 2.05) is 0 Å². The van der Waals surface area contributed by atoms with Crippen molar-refractivity contribution in [1.82, 2.24) is 10.6 Å². The summed E-state index contributed by atoms with van der Waals surface area (Å²) in [5.74, 6) is -1.58. The molecule has 10 nitrogen and oxygen atoms in total. The Balaban J connectivity index is 3.27. The molecular formula is C24H44N2O8. The highest BCUT2D eigenvalue weighted by Crippen LogP contribution is 2.07. The molecule has 0 saturated heterocycles. The Morgan fingerprint density at radius 2 is 1.32 bits per heavy atom. The van der Waals surface area contributed by atoms with Crippen LogP contribution in [0.5, 0.6) is 0 Å². The van der Waals surface area contributed by atoms with Crippen LogP contribution < -0.4 is 10.6 Å². The predicted molar refractivity (Wildman–Crippen MR) is 128 cm³/mol. The van der Waals surface area contributed by atoms with Gasteiger partial charge in [-0.05, 0) is 38.5 Å². The van der Waals surface area contributed by atoms with Gasteiger partial charge in [-0.15, -0.1) is 0 Å². The van der Waals surface area contributed by atoms with Gasteiger partial charge in [0.05, 0.1) is 33.0 Å². The van der Waals surface area contributed by atoms with Crippen molar-refractivity contribution in [1.29, 1.82) is 0 Å². The van der Waals surface area contributed by atoms with Crippen LogP contribution in [0.1, 0.15) is 57.8 Å². The number of aliphatic hydroxyl groups is 1. The first-order chi connectivity index (χ1) is 16.6. The number of rotatable bonds is 23. The van der Waals surface area contributed by atoms with E-state index in [0.29, 0.717) is 39.6 Å². The topological polar surface area (TPSA) is 132 Å². The molecule has 0 saturated carbocycles. The smallest absolute Gasteiger partial charge is 0.332 e. The summed E-state index contributed by atoms with van der Waals surface area (Å²) < 4.78 is 20.6. The van der Waals surface area contributed by atoms with E-state index >= 15 is 0 Å². The average molecular weight is 489 g/mol. The number of unbranched alkanes of at least 4 members (excludes halogenated alkanes) is 7. The van der Waals surface area contributed by atoms with Gasteiger partial charge in [-0.25, -0.2) is 4.79 Å². The Kier molecular flexibility index (Phi) is 24.1. The summed E-state index contributed by atoms with van der Waals surface area (Å²) in [5, 5.41) is 13.4. The molecule has 0 heterocycles. The fourth-order valence-electron chi connectivity index (χ4n) is 2.81. The van der Waals surface area contributed by atoms with Gasteiger partial charge in [0.15, 0.2) is 0 Å². The number of hydrogen-bond acceptors (Lipinski definition) is 8. The second kappa shape index (κ2) is 25.6. The van der Waals surface area contributed by atoms with E-state index in [-0.39, 0.29) is 25.8 Å². The lowest BCUT2D eigenvalue weighted by molar-refractivity contribution is -0.150. The number of hydrogen-bond donors (Lipinski definition) is 3. The van der Waals surface area contributed by atoms with Gasteiger partial charge in [-0.3, -0.25) is 9.59 Å².